The first-order valence-corrected chi connectivity index (χ1v) is 9.18. The van der Waals surface area contributed by atoms with E-state index < -0.39 is 0 Å². The minimum Gasteiger partial charge on any atom is -0.377 e. The van der Waals surface area contributed by atoms with Gasteiger partial charge in [-0.15, -0.1) is 0 Å². The van der Waals surface area contributed by atoms with Crippen LogP contribution in [-0.4, -0.2) is 67.6 Å². The van der Waals surface area contributed by atoms with E-state index in [0.717, 1.165) is 51.3 Å². The van der Waals surface area contributed by atoms with E-state index in [-0.39, 0.29) is 23.6 Å². The Morgan fingerprint density at radius 1 is 1.24 bits per heavy atom. The van der Waals surface area contributed by atoms with Gasteiger partial charge in [-0.1, -0.05) is 6.07 Å². The van der Waals surface area contributed by atoms with Gasteiger partial charge >= 0.3 is 0 Å². The summed E-state index contributed by atoms with van der Waals surface area (Å²) in [6.45, 7) is 8.87. The zero-order chi connectivity index (χ0) is 17.9. The summed E-state index contributed by atoms with van der Waals surface area (Å²) in [6.07, 6.45) is 2.44. The van der Waals surface area contributed by atoms with Crippen LogP contribution < -0.4 is 5.43 Å². The molecule has 3 rings (SSSR count). The third kappa shape index (κ3) is 4.91. The van der Waals surface area contributed by atoms with E-state index >= 15 is 0 Å². The van der Waals surface area contributed by atoms with Gasteiger partial charge in [-0.3, -0.25) is 4.90 Å². The fraction of sp³-hybridized carbons (Fsp3) is 0.684. The lowest BCUT2D eigenvalue weighted by molar-refractivity contribution is -0.115. The van der Waals surface area contributed by atoms with Crippen molar-refractivity contribution in [3.8, 4) is 0 Å². The lowest BCUT2D eigenvalue weighted by Gasteiger charge is -2.45. The maximum absolute atomic E-state index is 13.3. The largest absolute Gasteiger partial charge is 0.377 e. The molecule has 6 heteroatoms. The van der Waals surface area contributed by atoms with Gasteiger partial charge in [0.15, 0.2) is 0 Å². The standard InChI is InChI=1S/C19H30FN3O2/c1-15-12-22(13-16(2)25-15)14-19(24-3)7-9-23(10-8-19)21-18-6-4-5-17(20)11-18/h4-6,11,15-16,21H,7-10,12-14H2,1-3H3/t15-,16+. The van der Waals surface area contributed by atoms with Crippen molar-refractivity contribution in [3.63, 3.8) is 0 Å². The molecule has 1 aromatic rings. The second kappa shape index (κ2) is 7.99. The van der Waals surface area contributed by atoms with Gasteiger partial charge in [-0.2, -0.15) is 0 Å². The summed E-state index contributed by atoms with van der Waals surface area (Å²) in [4.78, 5) is 2.47. The molecule has 1 aromatic carbocycles. The Morgan fingerprint density at radius 3 is 2.52 bits per heavy atom. The van der Waals surface area contributed by atoms with Crippen LogP contribution in [0.4, 0.5) is 10.1 Å². The van der Waals surface area contributed by atoms with Gasteiger partial charge in [0.1, 0.15) is 5.82 Å². The minimum atomic E-state index is -0.219. The average Bonchev–Trinajstić information content (AvgIpc) is 2.56. The summed E-state index contributed by atoms with van der Waals surface area (Å²) < 4.78 is 25.1. The fourth-order valence-electron chi connectivity index (χ4n) is 4.01. The zero-order valence-corrected chi connectivity index (χ0v) is 15.5. The van der Waals surface area contributed by atoms with Gasteiger partial charge in [0, 0.05) is 39.8 Å². The van der Waals surface area contributed by atoms with E-state index in [1.807, 2.05) is 13.2 Å². The number of nitrogens with one attached hydrogen (secondary N) is 1. The van der Waals surface area contributed by atoms with E-state index in [0.29, 0.717) is 0 Å². The molecule has 140 valence electrons. The van der Waals surface area contributed by atoms with Crippen LogP contribution >= 0.6 is 0 Å². The van der Waals surface area contributed by atoms with E-state index in [4.69, 9.17) is 9.47 Å². The summed E-state index contributed by atoms with van der Waals surface area (Å²) in [5, 5.41) is 2.15. The van der Waals surface area contributed by atoms with Crippen LogP contribution in [0.2, 0.25) is 0 Å². The number of rotatable bonds is 5. The molecular weight excluding hydrogens is 321 g/mol. The molecule has 2 fully saturated rings. The molecule has 0 unspecified atom stereocenters. The molecule has 0 saturated carbocycles. The number of piperidine rings is 1. The Kier molecular flexibility index (Phi) is 5.94. The van der Waals surface area contributed by atoms with Crippen molar-refractivity contribution < 1.29 is 13.9 Å². The number of morpholine rings is 1. The van der Waals surface area contributed by atoms with Crippen LogP contribution in [0.5, 0.6) is 0 Å². The van der Waals surface area contributed by atoms with Crippen LogP contribution in [0.15, 0.2) is 24.3 Å². The third-order valence-electron chi connectivity index (χ3n) is 5.23. The predicted octanol–water partition coefficient (Wildman–Crippen LogP) is 2.74. The summed E-state index contributed by atoms with van der Waals surface area (Å²) in [6, 6.07) is 6.59. The Morgan fingerprint density at radius 2 is 1.92 bits per heavy atom. The van der Waals surface area contributed by atoms with Crippen LogP contribution in [0, 0.1) is 5.82 Å². The topological polar surface area (TPSA) is 37.0 Å². The summed E-state index contributed by atoms with van der Waals surface area (Å²) in [5.41, 5.74) is 3.98. The van der Waals surface area contributed by atoms with Gasteiger partial charge in [0.05, 0.1) is 23.5 Å². The van der Waals surface area contributed by atoms with Crippen LogP contribution in [0.1, 0.15) is 26.7 Å². The van der Waals surface area contributed by atoms with Crippen molar-refractivity contribution in [2.24, 2.45) is 0 Å². The molecule has 2 aliphatic heterocycles. The second-order valence-electron chi connectivity index (χ2n) is 7.45. The Bertz CT molecular complexity index is 553. The monoisotopic (exact) mass is 351 g/mol. The molecule has 25 heavy (non-hydrogen) atoms. The first-order chi connectivity index (χ1) is 12.0. The van der Waals surface area contributed by atoms with E-state index in [1.165, 1.54) is 12.1 Å². The number of hydrogen-bond donors (Lipinski definition) is 1. The van der Waals surface area contributed by atoms with E-state index in [2.05, 4.69) is 29.2 Å². The van der Waals surface area contributed by atoms with Gasteiger partial charge in [0.2, 0.25) is 0 Å². The molecule has 2 atom stereocenters. The molecular formula is C19H30FN3O2. The maximum atomic E-state index is 13.3. The van der Waals surface area contributed by atoms with E-state index in [9.17, 15) is 4.39 Å². The first-order valence-electron chi connectivity index (χ1n) is 9.18. The van der Waals surface area contributed by atoms with Crippen LogP contribution in [0.25, 0.3) is 0 Å². The average molecular weight is 351 g/mol. The highest BCUT2D eigenvalue weighted by Crippen LogP contribution is 2.28. The van der Waals surface area contributed by atoms with Crippen molar-refractivity contribution >= 4 is 5.69 Å². The summed E-state index contributed by atoms with van der Waals surface area (Å²) >= 11 is 0. The van der Waals surface area contributed by atoms with Crippen molar-refractivity contribution in [2.75, 3.05) is 45.3 Å². The Balaban J connectivity index is 1.54. The SMILES string of the molecule is COC1(CN2C[C@@H](C)O[C@@H](C)C2)CCN(Nc2cccc(F)c2)CC1. The van der Waals surface area contributed by atoms with Crippen molar-refractivity contribution in [3.05, 3.63) is 30.1 Å². The number of ether oxygens (including phenoxy) is 2. The van der Waals surface area contributed by atoms with Gasteiger partial charge in [0.25, 0.3) is 0 Å². The predicted molar refractivity (Wildman–Crippen MR) is 97.0 cm³/mol. The highest BCUT2D eigenvalue weighted by molar-refractivity contribution is 5.42. The molecule has 1 N–H and O–H groups in total. The van der Waals surface area contributed by atoms with Crippen molar-refractivity contribution in [2.45, 2.75) is 44.5 Å². The fourth-order valence-corrected chi connectivity index (χ4v) is 4.01. The molecule has 0 spiro atoms. The number of hydrogen-bond acceptors (Lipinski definition) is 5. The maximum Gasteiger partial charge on any atom is 0.125 e. The smallest absolute Gasteiger partial charge is 0.125 e. The van der Waals surface area contributed by atoms with Gasteiger partial charge < -0.3 is 14.9 Å². The third-order valence-corrected chi connectivity index (χ3v) is 5.23. The lowest BCUT2D eigenvalue weighted by Crippen LogP contribution is -2.56. The summed E-state index contributed by atoms with van der Waals surface area (Å²) in [5.74, 6) is -0.219. The van der Waals surface area contributed by atoms with Crippen molar-refractivity contribution in [1.82, 2.24) is 9.91 Å². The minimum absolute atomic E-state index is 0.114. The number of halogens is 1. The zero-order valence-electron chi connectivity index (χ0n) is 15.5. The number of hydrazine groups is 1. The molecule has 0 radical (unpaired) electrons. The highest BCUT2D eigenvalue weighted by atomic mass is 19.1. The molecule has 0 bridgehead atoms. The molecule has 0 aromatic heterocycles. The molecule has 2 aliphatic rings. The number of methoxy groups -OCH3 is 1. The van der Waals surface area contributed by atoms with Crippen LogP contribution in [-0.2, 0) is 9.47 Å². The Hall–Kier alpha value is -1.21. The molecule has 2 saturated heterocycles. The molecule has 0 amide bonds. The normalized spacial score (nSPS) is 28.0. The quantitative estimate of drug-likeness (QED) is 0.883. The van der Waals surface area contributed by atoms with Crippen molar-refractivity contribution in [1.29, 1.82) is 0 Å². The molecule has 2 heterocycles. The number of nitrogens with zero attached hydrogens (tertiary/aromatic N) is 2. The Labute approximate surface area is 150 Å². The summed E-state index contributed by atoms with van der Waals surface area (Å²) in [7, 11) is 1.82. The first kappa shape index (κ1) is 18.6. The molecule has 0 aliphatic carbocycles. The molecule has 5 nitrogen and oxygen atoms in total. The van der Waals surface area contributed by atoms with E-state index in [1.54, 1.807) is 6.07 Å². The highest BCUT2D eigenvalue weighted by Gasteiger charge is 2.38. The van der Waals surface area contributed by atoms with Crippen LogP contribution in [0.3, 0.4) is 0 Å². The number of anilines is 1. The van der Waals surface area contributed by atoms with Gasteiger partial charge in [-0.05, 0) is 44.9 Å². The van der Waals surface area contributed by atoms with Gasteiger partial charge in [-0.25, -0.2) is 9.40 Å². The lowest BCUT2D eigenvalue weighted by atomic mass is 9.90. The number of benzene rings is 1. The second-order valence-corrected chi connectivity index (χ2v) is 7.45.